The molecular formula is C16H22ClFN2O. The third-order valence-corrected chi connectivity index (χ3v) is 3.59. The second-order valence-electron chi connectivity index (χ2n) is 5.24. The van der Waals surface area contributed by atoms with Crippen molar-refractivity contribution in [3.63, 3.8) is 0 Å². The molecule has 0 radical (unpaired) electrons. The number of nitrogens with one attached hydrogen (secondary N) is 1. The number of hydrogen-bond donors (Lipinski definition) is 1. The highest BCUT2D eigenvalue weighted by Crippen LogP contribution is 2.16. The van der Waals surface area contributed by atoms with E-state index in [-0.39, 0.29) is 24.1 Å². The van der Waals surface area contributed by atoms with Crippen molar-refractivity contribution in [2.45, 2.75) is 12.8 Å². The van der Waals surface area contributed by atoms with Gasteiger partial charge < -0.3 is 10.2 Å². The fourth-order valence-electron chi connectivity index (χ4n) is 2.60. The van der Waals surface area contributed by atoms with Gasteiger partial charge in [-0.25, -0.2) is 4.39 Å². The predicted octanol–water partition coefficient (Wildman–Crippen LogP) is 2.72. The van der Waals surface area contributed by atoms with Gasteiger partial charge in [0.1, 0.15) is 5.82 Å². The number of piperidine rings is 1. The maximum absolute atomic E-state index is 13.0. The second-order valence-corrected chi connectivity index (χ2v) is 5.24. The van der Waals surface area contributed by atoms with E-state index in [9.17, 15) is 9.18 Å². The maximum atomic E-state index is 13.0. The third kappa shape index (κ3) is 5.48. The first-order chi connectivity index (χ1) is 9.69. The Kier molecular flexibility index (Phi) is 7.40. The zero-order valence-electron chi connectivity index (χ0n) is 12.2. The number of carbonyl (C=O) groups is 1. The molecule has 1 amide bonds. The van der Waals surface area contributed by atoms with Gasteiger partial charge in [0.2, 0.25) is 5.91 Å². The summed E-state index contributed by atoms with van der Waals surface area (Å²) in [6.07, 6.45) is 5.42. The van der Waals surface area contributed by atoms with Gasteiger partial charge in [0, 0.05) is 19.2 Å². The normalized spacial score (nSPS) is 18.6. The molecule has 1 N–H and O–H groups in total. The fourth-order valence-corrected chi connectivity index (χ4v) is 2.60. The zero-order chi connectivity index (χ0) is 14.4. The van der Waals surface area contributed by atoms with Crippen molar-refractivity contribution in [3.05, 3.63) is 41.7 Å². The van der Waals surface area contributed by atoms with Crippen LogP contribution in [0.15, 0.2) is 30.3 Å². The lowest BCUT2D eigenvalue weighted by Gasteiger charge is -2.32. The van der Waals surface area contributed by atoms with Gasteiger partial charge in [-0.15, -0.1) is 12.4 Å². The molecule has 1 heterocycles. The van der Waals surface area contributed by atoms with Crippen molar-refractivity contribution in [3.8, 4) is 0 Å². The van der Waals surface area contributed by atoms with E-state index in [4.69, 9.17) is 0 Å². The van der Waals surface area contributed by atoms with E-state index in [1.807, 2.05) is 11.9 Å². The maximum Gasteiger partial charge on any atom is 0.246 e. The molecule has 5 heteroatoms. The van der Waals surface area contributed by atoms with Gasteiger partial charge >= 0.3 is 0 Å². The van der Waals surface area contributed by atoms with Crippen LogP contribution in [-0.2, 0) is 4.79 Å². The van der Waals surface area contributed by atoms with E-state index in [1.165, 1.54) is 18.2 Å². The van der Waals surface area contributed by atoms with Gasteiger partial charge in [0.15, 0.2) is 0 Å². The number of rotatable bonds is 4. The number of halogens is 2. The molecule has 3 nitrogen and oxygen atoms in total. The summed E-state index contributed by atoms with van der Waals surface area (Å²) in [5, 5.41) is 3.16. The van der Waals surface area contributed by atoms with Crippen molar-refractivity contribution in [1.29, 1.82) is 0 Å². The molecule has 1 aromatic rings. The third-order valence-electron chi connectivity index (χ3n) is 3.59. The highest BCUT2D eigenvalue weighted by molar-refractivity contribution is 5.91. The van der Waals surface area contributed by atoms with Crippen LogP contribution in [-0.4, -0.2) is 37.5 Å². The Morgan fingerprint density at radius 1 is 1.52 bits per heavy atom. The number of benzene rings is 1. The van der Waals surface area contributed by atoms with Crippen molar-refractivity contribution >= 4 is 24.4 Å². The first-order valence-corrected chi connectivity index (χ1v) is 7.06. The van der Waals surface area contributed by atoms with Crippen molar-refractivity contribution in [1.82, 2.24) is 10.2 Å². The molecule has 0 aliphatic carbocycles. The lowest BCUT2D eigenvalue weighted by molar-refractivity contribution is -0.127. The van der Waals surface area contributed by atoms with Gasteiger partial charge in [-0.05, 0) is 56.1 Å². The van der Waals surface area contributed by atoms with E-state index in [2.05, 4.69) is 5.32 Å². The Bertz CT molecular complexity index is 491. The minimum atomic E-state index is -0.286. The molecule has 1 saturated heterocycles. The minimum absolute atomic E-state index is 0. The Hall–Kier alpha value is -1.39. The predicted molar refractivity (Wildman–Crippen MR) is 85.9 cm³/mol. The number of hydrogen-bond acceptors (Lipinski definition) is 2. The summed E-state index contributed by atoms with van der Waals surface area (Å²) in [6, 6.07) is 6.24. The molecule has 1 aliphatic heterocycles. The van der Waals surface area contributed by atoms with Crippen LogP contribution in [0.1, 0.15) is 18.4 Å². The number of carbonyl (C=O) groups excluding carboxylic acids is 1. The fraction of sp³-hybridized carbons (Fsp3) is 0.438. The molecule has 1 unspecified atom stereocenters. The monoisotopic (exact) mass is 312 g/mol. The standard InChI is InChI=1S/C16H21FN2O.ClH/c1-18-11-14-5-3-9-19(12-14)16(20)8-7-13-4-2-6-15(17)10-13;/h2,4,6-8,10,14,18H,3,5,9,11-12H2,1H3;1H. The Morgan fingerprint density at radius 3 is 3.05 bits per heavy atom. The Balaban J connectivity index is 0.00000220. The van der Waals surface area contributed by atoms with E-state index in [1.54, 1.807) is 18.2 Å². The smallest absolute Gasteiger partial charge is 0.246 e. The highest BCUT2D eigenvalue weighted by Gasteiger charge is 2.21. The number of likely N-dealkylation sites (tertiary alicyclic amines) is 1. The van der Waals surface area contributed by atoms with Crippen LogP contribution in [0.4, 0.5) is 4.39 Å². The van der Waals surface area contributed by atoms with Gasteiger partial charge in [0.25, 0.3) is 0 Å². The van der Waals surface area contributed by atoms with Crippen molar-refractivity contribution in [2.24, 2.45) is 5.92 Å². The van der Waals surface area contributed by atoms with E-state index in [0.29, 0.717) is 11.5 Å². The average Bonchev–Trinajstić information content (AvgIpc) is 2.45. The first kappa shape index (κ1) is 17.7. The Morgan fingerprint density at radius 2 is 2.33 bits per heavy atom. The first-order valence-electron chi connectivity index (χ1n) is 7.06. The van der Waals surface area contributed by atoms with Gasteiger partial charge in [-0.3, -0.25) is 4.79 Å². The Labute approximate surface area is 131 Å². The van der Waals surface area contributed by atoms with Crippen LogP contribution in [0.5, 0.6) is 0 Å². The van der Waals surface area contributed by atoms with Crippen LogP contribution in [0.25, 0.3) is 6.08 Å². The minimum Gasteiger partial charge on any atom is -0.339 e. The molecule has 0 bridgehead atoms. The quantitative estimate of drug-likeness (QED) is 0.867. The van der Waals surface area contributed by atoms with Crippen molar-refractivity contribution in [2.75, 3.05) is 26.7 Å². The summed E-state index contributed by atoms with van der Waals surface area (Å²) < 4.78 is 13.0. The van der Waals surface area contributed by atoms with Gasteiger partial charge in [-0.2, -0.15) is 0 Å². The molecule has 2 rings (SSSR count). The van der Waals surface area contributed by atoms with Crippen LogP contribution in [0, 0.1) is 11.7 Å². The summed E-state index contributed by atoms with van der Waals surface area (Å²) in [5.41, 5.74) is 0.710. The molecule has 1 atom stereocenters. The van der Waals surface area contributed by atoms with Crippen LogP contribution in [0.2, 0.25) is 0 Å². The highest BCUT2D eigenvalue weighted by atomic mass is 35.5. The zero-order valence-corrected chi connectivity index (χ0v) is 13.0. The van der Waals surface area contributed by atoms with E-state index in [0.717, 1.165) is 32.5 Å². The summed E-state index contributed by atoms with van der Waals surface area (Å²) in [5.74, 6) is 0.252. The van der Waals surface area contributed by atoms with Gasteiger partial charge in [-0.1, -0.05) is 12.1 Å². The molecule has 116 valence electrons. The molecule has 1 fully saturated rings. The number of amides is 1. The lowest BCUT2D eigenvalue weighted by Crippen LogP contribution is -2.41. The molecule has 0 spiro atoms. The van der Waals surface area contributed by atoms with E-state index >= 15 is 0 Å². The largest absolute Gasteiger partial charge is 0.339 e. The van der Waals surface area contributed by atoms with Crippen LogP contribution in [0.3, 0.4) is 0 Å². The van der Waals surface area contributed by atoms with E-state index < -0.39 is 0 Å². The van der Waals surface area contributed by atoms with Crippen LogP contribution < -0.4 is 5.32 Å². The lowest BCUT2D eigenvalue weighted by atomic mass is 9.98. The van der Waals surface area contributed by atoms with Crippen molar-refractivity contribution < 1.29 is 9.18 Å². The molecule has 1 aromatic carbocycles. The molecule has 0 saturated carbocycles. The summed E-state index contributed by atoms with van der Waals surface area (Å²) in [6.45, 7) is 2.55. The molecule has 1 aliphatic rings. The summed E-state index contributed by atoms with van der Waals surface area (Å²) in [4.78, 5) is 14.0. The van der Waals surface area contributed by atoms with Gasteiger partial charge in [0.05, 0.1) is 0 Å². The molecule has 21 heavy (non-hydrogen) atoms. The number of nitrogens with zero attached hydrogens (tertiary/aromatic N) is 1. The molecular weight excluding hydrogens is 291 g/mol. The van der Waals surface area contributed by atoms with Crippen LogP contribution >= 0.6 is 12.4 Å². The second kappa shape index (κ2) is 8.80. The summed E-state index contributed by atoms with van der Waals surface area (Å²) in [7, 11) is 1.94. The SMILES string of the molecule is CNCC1CCCN(C(=O)C=Cc2cccc(F)c2)C1.Cl. The summed E-state index contributed by atoms with van der Waals surface area (Å²) >= 11 is 0. The molecule has 0 aromatic heterocycles. The average molecular weight is 313 g/mol. The topological polar surface area (TPSA) is 32.3 Å².